The molecule has 0 atom stereocenters. The van der Waals surface area contributed by atoms with Crippen LogP contribution in [0.15, 0.2) is 60.7 Å². The zero-order valence-electron chi connectivity index (χ0n) is 15.2. The van der Waals surface area contributed by atoms with Crippen molar-refractivity contribution in [2.24, 2.45) is 0 Å². The Hall–Kier alpha value is -4.46. The van der Waals surface area contributed by atoms with Gasteiger partial charge in [-0.05, 0) is 47.0 Å². The normalized spacial score (nSPS) is 10.4. The van der Waals surface area contributed by atoms with Crippen molar-refractivity contribution in [3.05, 3.63) is 82.9 Å². The van der Waals surface area contributed by atoms with E-state index in [-0.39, 0.29) is 38.9 Å². The Morgan fingerprint density at radius 2 is 0.967 bits per heavy atom. The maximum Gasteiger partial charge on any atom is 0.336 e. The van der Waals surface area contributed by atoms with Crippen molar-refractivity contribution < 1.29 is 39.6 Å². The second-order valence-corrected chi connectivity index (χ2v) is 6.29. The molecule has 0 bridgehead atoms. The molecule has 0 saturated heterocycles. The topological polar surface area (TPSA) is 149 Å². The van der Waals surface area contributed by atoms with E-state index in [9.17, 15) is 29.4 Å². The highest BCUT2D eigenvalue weighted by atomic mass is 16.4. The molecule has 0 spiro atoms. The summed E-state index contributed by atoms with van der Waals surface area (Å²) < 4.78 is 0. The Kier molecular flexibility index (Phi) is 5.33. The molecule has 0 heterocycles. The van der Waals surface area contributed by atoms with E-state index in [0.717, 1.165) is 0 Å². The Morgan fingerprint density at radius 3 is 1.37 bits per heavy atom. The first-order valence-electron chi connectivity index (χ1n) is 8.51. The zero-order chi connectivity index (χ0) is 22.0. The lowest BCUT2D eigenvalue weighted by Crippen LogP contribution is -2.09. The van der Waals surface area contributed by atoms with Crippen LogP contribution in [0.3, 0.4) is 0 Å². The van der Waals surface area contributed by atoms with Gasteiger partial charge >= 0.3 is 23.9 Å². The minimum atomic E-state index is -1.38. The molecule has 3 rings (SSSR count). The number of aromatic carboxylic acids is 4. The van der Waals surface area contributed by atoms with Gasteiger partial charge in [-0.25, -0.2) is 19.2 Å². The number of hydrogen-bond acceptors (Lipinski definition) is 4. The largest absolute Gasteiger partial charge is 0.478 e. The van der Waals surface area contributed by atoms with E-state index in [2.05, 4.69) is 0 Å². The quantitative estimate of drug-likeness (QED) is 0.483. The van der Waals surface area contributed by atoms with E-state index in [1.54, 1.807) is 0 Å². The van der Waals surface area contributed by atoms with Gasteiger partial charge in [0.25, 0.3) is 0 Å². The average molecular weight is 406 g/mol. The fourth-order valence-corrected chi connectivity index (χ4v) is 3.12. The van der Waals surface area contributed by atoms with Crippen LogP contribution in [-0.4, -0.2) is 44.3 Å². The van der Waals surface area contributed by atoms with Gasteiger partial charge in [-0.2, -0.15) is 0 Å². The number of hydrogen-bond donors (Lipinski definition) is 4. The zero-order valence-corrected chi connectivity index (χ0v) is 15.2. The van der Waals surface area contributed by atoms with Crippen molar-refractivity contribution in [3.63, 3.8) is 0 Å². The highest BCUT2D eigenvalue weighted by molar-refractivity contribution is 6.09. The van der Waals surface area contributed by atoms with Gasteiger partial charge < -0.3 is 20.4 Å². The average Bonchev–Trinajstić information content (AvgIpc) is 2.72. The molecule has 0 aliphatic rings. The molecule has 8 nitrogen and oxygen atoms in total. The van der Waals surface area contributed by atoms with Gasteiger partial charge in [0.15, 0.2) is 0 Å². The van der Waals surface area contributed by atoms with E-state index in [1.165, 1.54) is 60.7 Å². The molecule has 0 aromatic heterocycles. The third-order valence-corrected chi connectivity index (χ3v) is 4.51. The van der Waals surface area contributed by atoms with Gasteiger partial charge in [0, 0.05) is 5.56 Å². The minimum Gasteiger partial charge on any atom is -0.478 e. The summed E-state index contributed by atoms with van der Waals surface area (Å²) in [5.74, 6) is -5.04. The molecule has 0 saturated carbocycles. The van der Waals surface area contributed by atoms with E-state index in [4.69, 9.17) is 10.2 Å². The molecular weight excluding hydrogens is 392 g/mol. The Balaban J connectivity index is 2.29. The number of benzene rings is 3. The van der Waals surface area contributed by atoms with Gasteiger partial charge in [0.1, 0.15) is 0 Å². The summed E-state index contributed by atoms with van der Waals surface area (Å²) in [6, 6.07) is 13.3. The molecule has 3 aromatic rings. The van der Waals surface area contributed by atoms with Crippen LogP contribution < -0.4 is 0 Å². The summed E-state index contributed by atoms with van der Waals surface area (Å²) in [5.41, 5.74) is 0.155. The molecule has 150 valence electrons. The lowest BCUT2D eigenvalue weighted by atomic mass is 9.87. The highest BCUT2D eigenvalue weighted by Gasteiger charge is 2.24. The molecule has 0 fully saturated rings. The lowest BCUT2D eigenvalue weighted by Gasteiger charge is -2.15. The van der Waals surface area contributed by atoms with Crippen molar-refractivity contribution in [1.82, 2.24) is 0 Å². The summed E-state index contributed by atoms with van der Waals surface area (Å²) in [6.07, 6.45) is 0. The minimum absolute atomic E-state index is 0.0160. The van der Waals surface area contributed by atoms with Gasteiger partial charge in [-0.1, -0.05) is 30.3 Å². The van der Waals surface area contributed by atoms with Crippen molar-refractivity contribution in [2.45, 2.75) is 0 Å². The predicted molar refractivity (Wildman–Crippen MR) is 105 cm³/mol. The summed E-state index contributed by atoms with van der Waals surface area (Å²) >= 11 is 0. The maximum absolute atomic E-state index is 12.1. The molecule has 30 heavy (non-hydrogen) atoms. The van der Waals surface area contributed by atoms with Crippen LogP contribution in [0.5, 0.6) is 0 Å². The first kappa shape index (κ1) is 20.3. The third kappa shape index (κ3) is 3.74. The molecule has 0 aliphatic heterocycles. The predicted octanol–water partition coefficient (Wildman–Crippen LogP) is 3.81. The molecule has 0 aliphatic carbocycles. The fraction of sp³-hybridized carbons (Fsp3) is 0. The van der Waals surface area contributed by atoms with Crippen LogP contribution in [0.2, 0.25) is 0 Å². The SMILES string of the molecule is O=C(O)c1ccc(-c2ccc(C(=O)O)c(-c3ccc(C(=O)O)cc3)c2C(=O)O)cc1. The second kappa shape index (κ2) is 7.88. The van der Waals surface area contributed by atoms with Crippen molar-refractivity contribution in [3.8, 4) is 22.3 Å². The van der Waals surface area contributed by atoms with Gasteiger partial charge in [0.2, 0.25) is 0 Å². The van der Waals surface area contributed by atoms with Gasteiger partial charge in [-0.3, -0.25) is 0 Å². The van der Waals surface area contributed by atoms with Crippen LogP contribution in [0.25, 0.3) is 22.3 Å². The standard InChI is InChI=1S/C22H14O8/c23-19(24)13-5-1-11(2-6-13)15-9-10-16(21(27)28)17(18(15)22(29)30)12-3-7-14(8-4-12)20(25)26/h1-10H,(H,23,24)(H,25,26)(H,27,28)(H,29,30). The first-order chi connectivity index (χ1) is 14.2. The summed E-state index contributed by atoms with van der Waals surface area (Å²) in [7, 11) is 0. The van der Waals surface area contributed by atoms with Crippen LogP contribution in [0.1, 0.15) is 41.4 Å². The summed E-state index contributed by atoms with van der Waals surface area (Å²) in [6.45, 7) is 0. The summed E-state index contributed by atoms with van der Waals surface area (Å²) in [4.78, 5) is 46.0. The van der Waals surface area contributed by atoms with Crippen LogP contribution >= 0.6 is 0 Å². The summed E-state index contributed by atoms with van der Waals surface area (Å²) in [5, 5.41) is 37.6. The number of rotatable bonds is 6. The van der Waals surface area contributed by atoms with Gasteiger partial charge in [0.05, 0.1) is 22.3 Å². The van der Waals surface area contributed by atoms with Gasteiger partial charge in [-0.15, -0.1) is 0 Å². The van der Waals surface area contributed by atoms with Crippen molar-refractivity contribution in [2.75, 3.05) is 0 Å². The Bertz CT molecular complexity index is 1180. The maximum atomic E-state index is 12.1. The molecule has 0 amide bonds. The second-order valence-electron chi connectivity index (χ2n) is 6.29. The lowest BCUT2D eigenvalue weighted by molar-refractivity contribution is 0.0681. The van der Waals surface area contributed by atoms with Crippen LogP contribution in [-0.2, 0) is 0 Å². The van der Waals surface area contributed by atoms with Crippen LogP contribution in [0.4, 0.5) is 0 Å². The van der Waals surface area contributed by atoms with E-state index < -0.39 is 23.9 Å². The van der Waals surface area contributed by atoms with E-state index >= 15 is 0 Å². The monoisotopic (exact) mass is 406 g/mol. The fourth-order valence-electron chi connectivity index (χ4n) is 3.12. The third-order valence-electron chi connectivity index (χ3n) is 4.51. The Labute approximate surface area is 169 Å². The number of carbonyl (C=O) groups is 4. The van der Waals surface area contributed by atoms with E-state index in [1.807, 2.05) is 0 Å². The molecule has 0 radical (unpaired) electrons. The highest BCUT2D eigenvalue weighted by Crippen LogP contribution is 2.36. The molecule has 4 N–H and O–H groups in total. The van der Waals surface area contributed by atoms with Crippen LogP contribution in [0, 0.1) is 0 Å². The smallest absolute Gasteiger partial charge is 0.336 e. The molecule has 8 heteroatoms. The van der Waals surface area contributed by atoms with E-state index in [0.29, 0.717) is 5.56 Å². The van der Waals surface area contributed by atoms with Crippen molar-refractivity contribution >= 4 is 23.9 Å². The Morgan fingerprint density at radius 1 is 0.500 bits per heavy atom. The molecule has 3 aromatic carbocycles. The molecular formula is C22H14O8. The number of carboxylic acid groups (broad SMARTS) is 4. The number of carboxylic acids is 4. The first-order valence-corrected chi connectivity index (χ1v) is 8.51. The molecule has 0 unspecified atom stereocenters. The van der Waals surface area contributed by atoms with Crippen molar-refractivity contribution in [1.29, 1.82) is 0 Å².